The van der Waals surface area contributed by atoms with Gasteiger partial charge in [0, 0.05) is 30.7 Å². The van der Waals surface area contributed by atoms with Crippen LogP contribution in [0.4, 0.5) is 0 Å². The lowest BCUT2D eigenvalue weighted by molar-refractivity contribution is -0.127. The second kappa shape index (κ2) is 11.3. The molecule has 0 fully saturated rings. The monoisotopic (exact) mass is 446 g/mol. The Morgan fingerprint density at radius 3 is 2.50 bits per heavy atom. The molecule has 150 valence electrons. The first kappa shape index (κ1) is 21.8. The number of amides is 1. The Labute approximate surface area is 175 Å². The topological polar surface area (TPSA) is 66.0 Å². The van der Waals surface area contributed by atoms with Gasteiger partial charge in [0.25, 0.3) is 0 Å². The maximum atomic E-state index is 11.9. The molecule has 0 unspecified atom stereocenters. The van der Waals surface area contributed by atoms with Crippen molar-refractivity contribution < 1.29 is 9.53 Å². The highest BCUT2D eigenvalue weighted by Crippen LogP contribution is 2.17. The summed E-state index contributed by atoms with van der Waals surface area (Å²) in [6.45, 7) is 3.79. The van der Waals surface area contributed by atoms with Gasteiger partial charge in [0.2, 0.25) is 5.91 Å². The van der Waals surface area contributed by atoms with Crippen molar-refractivity contribution in [2.75, 3.05) is 27.2 Å². The SMILES string of the molecule is CCOc1ccccc1CNC(=NCc1ccc(Br)cc1)NCC(=O)N(C)C. The van der Waals surface area contributed by atoms with Crippen LogP contribution in [0.15, 0.2) is 58.0 Å². The molecule has 6 nitrogen and oxygen atoms in total. The lowest BCUT2D eigenvalue weighted by Crippen LogP contribution is -2.42. The molecular weight excluding hydrogens is 420 g/mol. The van der Waals surface area contributed by atoms with Crippen LogP contribution in [0.25, 0.3) is 0 Å². The lowest BCUT2D eigenvalue weighted by Gasteiger charge is -2.16. The van der Waals surface area contributed by atoms with E-state index in [1.165, 1.54) is 0 Å². The van der Waals surface area contributed by atoms with E-state index in [0.29, 0.717) is 25.7 Å². The molecule has 2 rings (SSSR count). The number of hydrogen-bond donors (Lipinski definition) is 2. The molecule has 0 saturated carbocycles. The quantitative estimate of drug-likeness (QED) is 0.482. The standard InChI is InChI=1S/C21H27BrN4O2/c1-4-28-19-8-6-5-7-17(19)14-24-21(25-15-20(27)26(2)3)23-13-16-9-11-18(22)12-10-16/h5-12H,4,13-15H2,1-3H3,(H2,23,24,25). The summed E-state index contributed by atoms with van der Waals surface area (Å²) in [7, 11) is 3.46. The first-order chi connectivity index (χ1) is 13.5. The summed E-state index contributed by atoms with van der Waals surface area (Å²) < 4.78 is 6.70. The van der Waals surface area contributed by atoms with Crippen LogP contribution in [0.5, 0.6) is 5.75 Å². The van der Waals surface area contributed by atoms with Gasteiger partial charge in [-0.25, -0.2) is 4.99 Å². The Morgan fingerprint density at radius 1 is 1.11 bits per heavy atom. The van der Waals surface area contributed by atoms with E-state index in [9.17, 15) is 4.79 Å². The molecule has 0 aliphatic rings. The molecule has 0 aliphatic heterocycles. The zero-order valence-corrected chi connectivity index (χ0v) is 18.1. The summed E-state index contributed by atoms with van der Waals surface area (Å²) in [5.41, 5.74) is 2.11. The minimum atomic E-state index is -0.0205. The third kappa shape index (κ3) is 7.23. The molecule has 0 spiro atoms. The van der Waals surface area contributed by atoms with Gasteiger partial charge in [-0.3, -0.25) is 4.79 Å². The van der Waals surface area contributed by atoms with E-state index >= 15 is 0 Å². The van der Waals surface area contributed by atoms with Crippen LogP contribution in [-0.4, -0.2) is 44.0 Å². The minimum absolute atomic E-state index is 0.0205. The summed E-state index contributed by atoms with van der Waals surface area (Å²) in [5, 5.41) is 6.39. The van der Waals surface area contributed by atoms with Gasteiger partial charge in [0.15, 0.2) is 5.96 Å². The zero-order chi connectivity index (χ0) is 20.4. The van der Waals surface area contributed by atoms with Gasteiger partial charge in [-0.1, -0.05) is 46.3 Å². The van der Waals surface area contributed by atoms with Crippen LogP contribution in [0, 0.1) is 0 Å². The number of halogens is 1. The number of carbonyl (C=O) groups excluding carboxylic acids is 1. The van der Waals surface area contributed by atoms with Gasteiger partial charge in [0.1, 0.15) is 5.75 Å². The average Bonchev–Trinajstić information content (AvgIpc) is 2.69. The van der Waals surface area contributed by atoms with Crippen molar-refractivity contribution in [3.63, 3.8) is 0 Å². The average molecular weight is 447 g/mol. The molecule has 1 amide bonds. The molecule has 0 aliphatic carbocycles. The third-order valence-electron chi connectivity index (χ3n) is 3.96. The molecule has 0 radical (unpaired) electrons. The highest BCUT2D eigenvalue weighted by atomic mass is 79.9. The van der Waals surface area contributed by atoms with E-state index < -0.39 is 0 Å². The van der Waals surface area contributed by atoms with Crippen molar-refractivity contribution in [3.05, 3.63) is 64.1 Å². The van der Waals surface area contributed by atoms with Gasteiger partial charge in [0.05, 0.1) is 19.7 Å². The van der Waals surface area contributed by atoms with Crippen LogP contribution in [0.3, 0.4) is 0 Å². The van der Waals surface area contributed by atoms with E-state index in [2.05, 4.69) is 31.6 Å². The van der Waals surface area contributed by atoms with Crippen LogP contribution in [0.2, 0.25) is 0 Å². The number of likely N-dealkylation sites (N-methyl/N-ethyl adjacent to an activating group) is 1. The lowest BCUT2D eigenvalue weighted by atomic mass is 10.2. The number of nitrogens with zero attached hydrogens (tertiary/aromatic N) is 2. The minimum Gasteiger partial charge on any atom is -0.494 e. The number of rotatable bonds is 8. The Bertz CT molecular complexity index is 791. The normalized spacial score (nSPS) is 11.1. The molecule has 0 bridgehead atoms. The van der Waals surface area contributed by atoms with E-state index in [1.807, 2.05) is 55.5 Å². The number of nitrogens with one attached hydrogen (secondary N) is 2. The maximum Gasteiger partial charge on any atom is 0.241 e. The van der Waals surface area contributed by atoms with E-state index in [4.69, 9.17) is 4.74 Å². The summed E-state index contributed by atoms with van der Waals surface area (Å²) in [5.74, 6) is 1.39. The number of ether oxygens (including phenoxy) is 1. The fourth-order valence-corrected chi connectivity index (χ4v) is 2.64. The Balaban J connectivity index is 2.07. The first-order valence-corrected chi connectivity index (χ1v) is 9.96. The van der Waals surface area contributed by atoms with E-state index in [0.717, 1.165) is 21.3 Å². The van der Waals surface area contributed by atoms with Gasteiger partial charge in [-0.15, -0.1) is 0 Å². The predicted molar refractivity (Wildman–Crippen MR) is 116 cm³/mol. The molecule has 0 aromatic heterocycles. The third-order valence-corrected chi connectivity index (χ3v) is 4.49. The van der Waals surface area contributed by atoms with Crippen molar-refractivity contribution in [2.24, 2.45) is 4.99 Å². The molecule has 0 saturated heterocycles. The first-order valence-electron chi connectivity index (χ1n) is 9.17. The summed E-state index contributed by atoms with van der Waals surface area (Å²) >= 11 is 3.44. The Kier molecular flexibility index (Phi) is 8.81. The van der Waals surface area contributed by atoms with Crippen molar-refractivity contribution in [1.82, 2.24) is 15.5 Å². The number of guanidine groups is 1. The van der Waals surface area contributed by atoms with Crippen LogP contribution in [0.1, 0.15) is 18.1 Å². The van der Waals surface area contributed by atoms with Gasteiger partial charge >= 0.3 is 0 Å². The fourth-order valence-electron chi connectivity index (χ4n) is 2.38. The highest BCUT2D eigenvalue weighted by molar-refractivity contribution is 9.10. The number of benzene rings is 2. The second-order valence-corrected chi connectivity index (χ2v) is 7.24. The fraction of sp³-hybridized carbons (Fsp3) is 0.333. The zero-order valence-electron chi connectivity index (χ0n) is 16.5. The Morgan fingerprint density at radius 2 is 1.82 bits per heavy atom. The van der Waals surface area contributed by atoms with Gasteiger partial charge < -0.3 is 20.3 Å². The van der Waals surface area contributed by atoms with Crippen molar-refractivity contribution in [3.8, 4) is 5.75 Å². The smallest absolute Gasteiger partial charge is 0.241 e. The summed E-state index contributed by atoms with van der Waals surface area (Å²) in [6.07, 6.45) is 0. The highest BCUT2D eigenvalue weighted by Gasteiger charge is 2.08. The van der Waals surface area contributed by atoms with Crippen molar-refractivity contribution in [1.29, 1.82) is 0 Å². The van der Waals surface area contributed by atoms with Gasteiger partial charge in [-0.05, 0) is 30.7 Å². The van der Waals surface area contributed by atoms with Crippen LogP contribution in [-0.2, 0) is 17.9 Å². The molecule has 2 aromatic carbocycles. The number of para-hydroxylation sites is 1. The number of hydrogen-bond acceptors (Lipinski definition) is 3. The van der Waals surface area contributed by atoms with Crippen molar-refractivity contribution >= 4 is 27.8 Å². The predicted octanol–water partition coefficient (Wildman–Crippen LogP) is 3.17. The summed E-state index contributed by atoms with van der Waals surface area (Å²) in [6, 6.07) is 15.9. The number of aliphatic imine (C=N–C) groups is 1. The van der Waals surface area contributed by atoms with Crippen molar-refractivity contribution in [2.45, 2.75) is 20.0 Å². The maximum absolute atomic E-state index is 11.9. The summed E-state index contributed by atoms with van der Waals surface area (Å²) in [4.78, 5) is 18.1. The molecule has 28 heavy (non-hydrogen) atoms. The molecule has 7 heteroatoms. The Hall–Kier alpha value is -2.54. The van der Waals surface area contributed by atoms with Crippen LogP contribution < -0.4 is 15.4 Å². The molecule has 2 N–H and O–H groups in total. The molecule has 0 atom stereocenters. The molecular formula is C21H27BrN4O2. The van der Waals surface area contributed by atoms with Gasteiger partial charge in [-0.2, -0.15) is 0 Å². The molecule has 0 heterocycles. The van der Waals surface area contributed by atoms with E-state index in [1.54, 1.807) is 19.0 Å². The second-order valence-electron chi connectivity index (χ2n) is 6.33. The number of carbonyl (C=O) groups is 1. The molecule has 2 aromatic rings. The largest absolute Gasteiger partial charge is 0.494 e. The van der Waals surface area contributed by atoms with E-state index in [-0.39, 0.29) is 12.5 Å². The van der Waals surface area contributed by atoms with Crippen LogP contribution >= 0.6 is 15.9 Å².